The average molecular weight is 304 g/mol. The molecule has 0 bridgehead atoms. The first-order valence-corrected chi connectivity index (χ1v) is 6.65. The molecule has 1 N–H and O–H groups in total. The number of nitriles is 1. The molecule has 5 heteroatoms. The fraction of sp³-hybridized carbons (Fsp3) is 0.188. The molecule has 0 heterocycles. The van der Waals surface area contributed by atoms with Gasteiger partial charge in [0.25, 0.3) is 0 Å². The Morgan fingerprint density at radius 1 is 1.29 bits per heavy atom. The van der Waals surface area contributed by atoms with E-state index in [1.807, 2.05) is 6.07 Å². The van der Waals surface area contributed by atoms with Crippen molar-refractivity contribution >= 4 is 11.6 Å². The van der Waals surface area contributed by atoms with Crippen molar-refractivity contribution < 1.29 is 14.6 Å². The third kappa shape index (κ3) is 3.46. The molecule has 0 fully saturated rings. The highest BCUT2D eigenvalue weighted by Crippen LogP contribution is 2.30. The third-order valence-corrected chi connectivity index (χ3v) is 3.28. The van der Waals surface area contributed by atoms with E-state index in [2.05, 4.69) is 6.07 Å². The van der Waals surface area contributed by atoms with Crippen LogP contribution in [-0.2, 0) is 13.2 Å². The topological polar surface area (TPSA) is 62.5 Å². The van der Waals surface area contributed by atoms with E-state index < -0.39 is 0 Å². The van der Waals surface area contributed by atoms with Gasteiger partial charge in [0.05, 0.1) is 24.3 Å². The molecular formula is C16H14ClNO3. The number of nitrogens with zero attached hydrogens (tertiary/aromatic N) is 1. The second-order valence-electron chi connectivity index (χ2n) is 4.32. The molecule has 2 rings (SSSR count). The van der Waals surface area contributed by atoms with Crippen LogP contribution in [0, 0.1) is 11.3 Å². The number of hydrogen-bond acceptors (Lipinski definition) is 4. The number of rotatable bonds is 5. The largest absolute Gasteiger partial charge is 0.495 e. The quantitative estimate of drug-likeness (QED) is 0.920. The molecule has 0 atom stereocenters. The SMILES string of the molecule is COc1ccc(COc2c(Cl)cccc2CO)cc1C#N. The van der Waals surface area contributed by atoms with E-state index in [1.165, 1.54) is 7.11 Å². The lowest BCUT2D eigenvalue weighted by Gasteiger charge is -2.12. The van der Waals surface area contributed by atoms with Crippen LogP contribution in [0.1, 0.15) is 16.7 Å². The number of para-hydroxylation sites is 1. The molecule has 0 unspecified atom stereocenters. The Balaban J connectivity index is 2.19. The standard InChI is InChI=1S/C16H14ClNO3/c1-20-15-6-5-11(7-13(15)8-18)10-21-16-12(9-19)3-2-4-14(16)17/h2-7,19H,9-10H2,1H3. The minimum atomic E-state index is -0.151. The fourth-order valence-corrected chi connectivity index (χ4v) is 2.18. The number of benzene rings is 2. The number of hydrogen-bond donors (Lipinski definition) is 1. The minimum absolute atomic E-state index is 0.151. The molecule has 0 saturated carbocycles. The van der Waals surface area contributed by atoms with E-state index in [4.69, 9.17) is 26.3 Å². The average Bonchev–Trinajstić information content (AvgIpc) is 2.53. The van der Waals surface area contributed by atoms with Crippen molar-refractivity contribution in [1.29, 1.82) is 5.26 Å². The minimum Gasteiger partial charge on any atom is -0.495 e. The second-order valence-corrected chi connectivity index (χ2v) is 4.73. The molecule has 0 aliphatic heterocycles. The maximum absolute atomic E-state index is 9.29. The van der Waals surface area contributed by atoms with Gasteiger partial charge < -0.3 is 14.6 Å². The van der Waals surface area contributed by atoms with Crippen molar-refractivity contribution in [2.75, 3.05) is 7.11 Å². The molecular weight excluding hydrogens is 290 g/mol. The van der Waals surface area contributed by atoms with Crippen molar-refractivity contribution in [2.24, 2.45) is 0 Å². The van der Waals surface area contributed by atoms with E-state index in [0.717, 1.165) is 5.56 Å². The summed E-state index contributed by atoms with van der Waals surface area (Å²) in [6, 6.07) is 12.5. The van der Waals surface area contributed by atoms with Gasteiger partial charge in [-0.3, -0.25) is 0 Å². The predicted octanol–water partition coefficient (Wildman–Crippen LogP) is 3.29. The van der Waals surface area contributed by atoms with Gasteiger partial charge in [-0.05, 0) is 23.8 Å². The van der Waals surface area contributed by atoms with Crippen LogP contribution in [0.5, 0.6) is 11.5 Å². The molecule has 0 radical (unpaired) electrons. The lowest BCUT2D eigenvalue weighted by Crippen LogP contribution is -2.00. The Morgan fingerprint density at radius 2 is 2.10 bits per heavy atom. The van der Waals surface area contributed by atoms with Gasteiger partial charge in [-0.15, -0.1) is 0 Å². The van der Waals surface area contributed by atoms with Crippen LogP contribution in [0.3, 0.4) is 0 Å². The summed E-state index contributed by atoms with van der Waals surface area (Å²) in [6.45, 7) is 0.0946. The predicted molar refractivity (Wildman–Crippen MR) is 79.4 cm³/mol. The molecule has 0 amide bonds. The summed E-state index contributed by atoms with van der Waals surface area (Å²) in [5.41, 5.74) is 1.88. The van der Waals surface area contributed by atoms with E-state index in [1.54, 1.807) is 30.3 Å². The molecule has 0 spiro atoms. The fourth-order valence-electron chi connectivity index (χ4n) is 1.93. The van der Waals surface area contributed by atoms with Crippen molar-refractivity contribution in [3.63, 3.8) is 0 Å². The maximum Gasteiger partial charge on any atom is 0.143 e. The summed E-state index contributed by atoms with van der Waals surface area (Å²) in [6.07, 6.45) is 0. The number of aliphatic hydroxyl groups is 1. The summed E-state index contributed by atoms with van der Waals surface area (Å²) in [5, 5.41) is 18.8. The van der Waals surface area contributed by atoms with Crippen LogP contribution in [-0.4, -0.2) is 12.2 Å². The van der Waals surface area contributed by atoms with Crippen LogP contribution in [0.4, 0.5) is 0 Å². The highest BCUT2D eigenvalue weighted by molar-refractivity contribution is 6.32. The summed E-state index contributed by atoms with van der Waals surface area (Å²) in [7, 11) is 1.52. The van der Waals surface area contributed by atoms with E-state index in [0.29, 0.717) is 27.6 Å². The van der Waals surface area contributed by atoms with Crippen molar-refractivity contribution in [2.45, 2.75) is 13.2 Å². The summed E-state index contributed by atoms with van der Waals surface area (Å²) < 4.78 is 10.8. The number of ether oxygens (including phenoxy) is 2. The van der Waals surface area contributed by atoms with Gasteiger partial charge in [0.2, 0.25) is 0 Å². The molecule has 2 aromatic rings. The van der Waals surface area contributed by atoms with E-state index in [-0.39, 0.29) is 13.2 Å². The Morgan fingerprint density at radius 3 is 2.76 bits per heavy atom. The summed E-state index contributed by atoms with van der Waals surface area (Å²) in [5.74, 6) is 0.978. The molecule has 108 valence electrons. The first-order chi connectivity index (χ1) is 10.2. The molecule has 4 nitrogen and oxygen atoms in total. The van der Waals surface area contributed by atoms with Crippen LogP contribution in [0.2, 0.25) is 5.02 Å². The maximum atomic E-state index is 9.29. The highest BCUT2D eigenvalue weighted by Gasteiger charge is 2.09. The van der Waals surface area contributed by atoms with Crippen molar-refractivity contribution in [3.05, 3.63) is 58.1 Å². The van der Waals surface area contributed by atoms with Crippen LogP contribution in [0.15, 0.2) is 36.4 Å². The monoisotopic (exact) mass is 303 g/mol. The van der Waals surface area contributed by atoms with Crippen LogP contribution < -0.4 is 9.47 Å². The van der Waals surface area contributed by atoms with E-state index >= 15 is 0 Å². The van der Waals surface area contributed by atoms with Crippen molar-refractivity contribution in [1.82, 2.24) is 0 Å². The number of methoxy groups -OCH3 is 1. The van der Waals surface area contributed by atoms with Crippen molar-refractivity contribution in [3.8, 4) is 17.6 Å². The van der Waals surface area contributed by atoms with Gasteiger partial charge in [-0.1, -0.05) is 29.8 Å². The zero-order valence-electron chi connectivity index (χ0n) is 11.5. The van der Waals surface area contributed by atoms with Crippen LogP contribution >= 0.6 is 11.6 Å². The van der Waals surface area contributed by atoms with Gasteiger partial charge in [0.15, 0.2) is 0 Å². The molecule has 0 aromatic heterocycles. The van der Waals surface area contributed by atoms with Gasteiger partial charge in [0.1, 0.15) is 24.2 Å². The first-order valence-electron chi connectivity index (χ1n) is 6.27. The van der Waals surface area contributed by atoms with Crippen LogP contribution in [0.25, 0.3) is 0 Å². The Kier molecular flexibility index (Phi) is 5.04. The van der Waals surface area contributed by atoms with E-state index in [9.17, 15) is 5.11 Å². The smallest absolute Gasteiger partial charge is 0.143 e. The molecule has 0 aliphatic carbocycles. The summed E-state index contributed by atoms with van der Waals surface area (Å²) >= 11 is 6.07. The zero-order valence-corrected chi connectivity index (χ0v) is 12.2. The number of halogens is 1. The van der Waals surface area contributed by atoms with Gasteiger partial charge in [0, 0.05) is 5.56 Å². The Labute approximate surface area is 128 Å². The Bertz CT molecular complexity index is 680. The van der Waals surface area contributed by atoms with Gasteiger partial charge in [-0.25, -0.2) is 0 Å². The molecule has 0 saturated heterocycles. The zero-order chi connectivity index (χ0) is 15.2. The molecule has 0 aliphatic rings. The van der Waals surface area contributed by atoms with Gasteiger partial charge in [-0.2, -0.15) is 5.26 Å². The number of aliphatic hydroxyl groups excluding tert-OH is 1. The third-order valence-electron chi connectivity index (χ3n) is 2.99. The molecule has 21 heavy (non-hydrogen) atoms. The lowest BCUT2D eigenvalue weighted by molar-refractivity contribution is 0.259. The summed E-state index contributed by atoms with van der Waals surface area (Å²) in [4.78, 5) is 0. The Hall–Kier alpha value is -2.22. The normalized spacial score (nSPS) is 10.0. The molecule has 2 aromatic carbocycles. The lowest BCUT2D eigenvalue weighted by atomic mass is 10.1. The second kappa shape index (κ2) is 6.98. The first kappa shape index (κ1) is 15.2. The highest BCUT2D eigenvalue weighted by atomic mass is 35.5. The van der Waals surface area contributed by atoms with Gasteiger partial charge >= 0.3 is 0 Å².